The highest BCUT2D eigenvalue weighted by Crippen LogP contribution is 2.30. The molecule has 1 aromatic rings. The number of aliphatic carboxylic acids is 1. The van der Waals surface area contributed by atoms with E-state index in [0.29, 0.717) is 0 Å². The quantitative estimate of drug-likeness (QED) is 0.674. The van der Waals surface area contributed by atoms with E-state index < -0.39 is 10.9 Å². The van der Waals surface area contributed by atoms with Crippen LogP contribution < -0.4 is 0 Å². The Balaban J connectivity index is 3.36. The van der Waals surface area contributed by atoms with Crippen molar-refractivity contribution in [3.05, 3.63) is 37.8 Å². The zero-order valence-electron chi connectivity index (χ0n) is 7.81. The van der Waals surface area contributed by atoms with Crippen LogP contribution in [0.25, 0.3) is 0 Å². The topological polar surface area (TPSA) is 104 Å². The number of carbonyl (C=O) groups is 1. The van der Waals surface area contributed by atoms with Crippen molar-refractivity contribution in [2.45, 2.75) is 6.42 Å². The van der Waals surface area contributed by atoms with Gasteiger partial charge in [-0.05, 0) is 21.5 Å². The number of nitro groups is 1. The molecule has 0 aliphatic rings. The third-order valence-corrected chi connectivity index (χ3v) is 2.66. The summed E-state index contributed by atoms with van der Waals surface area (Å²) < 4.78 is 0.0127. The minimum atomic E-state index is -1.10. The molecule has 0 fully saturated rings. The predicted octanol–water partition coefficient (Wildman–Crippen LogP) is 1.86. The van der Waals surface area contributed by atoms with Gasteiger partial charge in [0.2, 0.25) is 0 Å². The highest BCUT2D eigenvalue weighted by atomic mass is 79.9. The molecule has 0 amide bonds. The summed E-state index contributed by atoms with van der Waals surface area (Å²) in [6, 6.07) is 4.19. The zero-order valence-corrected chi connectivity index (χ0v) is 9.39. The molecule has 0 heterocycles. The molecule has 6 nitrogen and oxygen atoms in total. The van der Waals surface area contributed by atoms with Gasteiger partial charge in [0.15, 0.2) is 0 Å². The fourth-order valence-corrected chi connectivity index (χ4v) is 1.80. The number of nitro benzene ring substituents is 1. The lowest BCUT2D eigenvalue weighted by molar-refractivity contribution is -0.385. The van der Waals surface area contributed by atoms with Gasteiger partial charge < -0.3 is 5.11 Å². The van der Waals surface area contributed by atoms with E-state index in [4.69, 9.17) is 10.4 Å². The van der Waals surface area contributed by atoms with E-state index in [2.05, 4.69) is 15.9 Å². The Morgan fingerprint density at radius 2 is 2.25 bits per heavy atom. The molecule has 0 radical (unpaired) electrons. The number of hydrogen-bond donors (Lipinski definition) is 1. The second-order valence-electron chi connectivity index (χ2n) is 2.87. The van der Waals surface area contributed by atoms with Crippen LogP contribution in [-0.2, 0) is 11.2 Å². The summed E-state index contributed by atoms with van der Waals surface area (Å²) >= 11 is 2.93. The Labute approximate surface area is 98.4 Å². The predicted molar refractivity (Wildman–Crippen MR) is 56.9 cm³/mol. The fourth-order valence-electron chi connectivity index (χ4n) is 1.18. The second-order valence-corrected chi connectivity index (χ2v) is 3.67. The summed E-state index contributed by atoms with van der Waals surface area (Å²) in [5.74, 6) is -1.10. The van der Waals surface area contributed by atoms with Crippen LogP contribution >= 0.6 is 15.9 Å². The van der Waals surface area contributed by atoms with Gasteiger partial charge in [-0.25, -0.2) is 0 Å². The van der Waals surface area contributed by atoms with Gasteiger partial charge in [-0.3, -0.25) is 14.9 Å². The molecular weight excluding hydrogens is 280 g/mol. The van der Waals surface area contributed by atoms with Gasteiger partial charge in [0.25, 0.3) is 5.69 Å². The molecule has 0 atom stereocenters. The highest BCUT2D eigenvalue weighted by molar-refractivity contribution is 9.10. The van der Waals surface area contributed by atoms with E-state index in [-0.39, 0.29) is 27.7 Å². The lowest BCUT2D eigenvalue weighted by Gasteiger charge is -2.03. The maximum atomic E-state index is 10.6. The molecule has 0 saturated heterocycles. The van der Waals surface area contributed by atoms with Crippen molar-refractivity contribution in [3.63, 3.8) is 0 Å². The zero-order chi connectivity index (χ0) is 12.3. The molecule has 1 rings (SSSR count). The van der Waals surface area contributed by atoms with Crippen molar-refractivity contribution in [3.8, 4) is 6.07 Å². The summed E-state index contributed by atoms with van der Waals surface area (Å²) in [5, 5.41) is 28.0. The van der Waals surface area contributed by atoms with Crippen LogP contribution in [0, 0.1) is 21.4 Å². The van der Waals surface area contributed by atoms with Crippen molar-refractivity contribution in [2.24, 2.45) is 0 Å². The first kappa shape index (κ1) is 12.1. The maximum Gasteiger partial charge on any atom is 0.307 e. The SMILES string of the molecule is N#Cc1c(CC(=O)O)ccc([N+](=O)[O-])c1Br. The van der Waals surface area contributed by atoms with Crippen LogP contribution in [0.3, 0.4) is 0 Å². The molecule has 82 valence electrons. The smallest absolute Gasteiger partial charge is 0.307 e. The van der Waals surface area contributed by atoms with Crippen LogP contribution in [0.1, 0.15) is 11.1 Å². The van der Waals surface area contributed by atoms with Crippen LogP contribution in [0.15, 0.2) is 16.6 Å². The average molecular weight is 285 g/mol. The molecule has 1 aromatic carbocycles. The molecule has 1 N–H and O–H groups in total. The summed E-state index contributed by atoms with van der Waals surface area (Å²) in [6.07, 6.45) is -0.348. The van der Waals surface area contributed by atoms with Gasteiger partial charge in [-0.2, -0.15) is 5.26 Å². The Morgan fingerprint density at radius 3 is 2.69 bits per heavy atom. The first-order chi connectivity index (χ1) is 7.47. The van der Waals surface area contributed by atoms with Crippen LogP contribution in [0.5, 0.6) is 0 Å². The molecule has 0 saturated carbocycles. The van der Waals surface area contributed by atoms with E-state index in [9.17, 15) is 14.9 Å². The standard InChI is InChI=1S/C9H5BrN2O4/c10-9-6(4-11)5(3-8(13)14)1-2-7(9)12(15)16/h1-2H,3H2,(H,13,14). The number of carboxylic acid groups (broad SMARTS) is 1. The number of nitriles is 1. The molecule has 0 aliphatic carbocycles. The van der Waals surface area contributed by atoms with Gasteiger partial charge in [0.1, 0.15) is 10.5 Å². The minimum Gasteiger partial charge on any atom is -0.481 e. The van der Waals surface area contributed by atoms with Gasteiger partial charge in [-0.15, -0.1) is 0 Å². The lowest BCUT2D eigenvalue weighted by atomic mass is 10.0. The summed E-state index contributed by atoms with van der Waals surface area (Å²) in [7, 11) is 0. The van der Waals surface area contributed by atoms with E-state index in [1.54, 1.807) is 6.07 Å². The van der Waals surface area contributed by atoms with Crippen LogP contribution in [-0.4, -0.2) is 16.0 Å². The van der Waals surface area contributed by atoms with E-state index in [1.807, 2.05) is 0 Å². The molecule has 0 aromatic heterocycles. The molecule has 0 unspecified atom stereocenters. The molecule has 0 aliphatic heterocycles. The minimum absolute atomic E-state index is 0.0127. The molecular formula is C9H5BrN2O4. The molecule has 7 heteroatoms. The van der Waals surface area contributed by atoms with Crippen molar-refractivity contribution in [2.75, 3.05) is 0 Å². The van der Waals surface area contributed by atoms with Crippen molar-refractivity contribution in [1.82, 2.24) is 0 Å². The monoisotopic (exact) mass is 284 g/mol. The maximum absolute atomic E-state index is 10.6. The second kappa shape index (κ2) is 4.72. The van der Waals surface area contributed by atoms with Crippen LogP contribution in [0.2, 0.25) is 0 Å². The number of halogens is 1. The lowest BCUT2D eigenvalue weighted by Crippen LogP contribution is -2.04. The summed E-state index contributed by atoms with van der Waals surface area (Å²) in [5.41, 5.74) is -0.0326. The largest absolute Gasteiger partial charge is 0.481 e. The Hall–Kier alpha value is -1.94. The first-order valence-electron chi connectivity index (χ1n) is 4.05. The van der Waals surface area contributed by atoms with Crippen molar-refractivity contribution < 1.29 is 14.8 Å². The number of rotatable bonds is 3. The van der Waals surface area contributed by atoms with E-state index in [1.165, 1.54) is 12.1 Å². The third kappa shape index (κ3) is 2.35. The molecule has 0 spiro atoms. The van der Waals surface area contributed by atoms with Crippen LogP contribution in [0.4, 0.5) is 5.69 Å². The summed E-state index contributed by atoms with van der Waals surface area (Å²) in [4.78, 5) is 20.4. The van der Waals surface area contributed by atoms with Gasteiger partial charge in [-0.1, -0.05) is 6.07 Å². The van der Waals surface area contributed by atoms with E-state index >= 15 is 0 Å². The number of carboxylic acids is 1. The fraction of sp³-hybridized carbons (Fsp3) is 0.111. The summed E-state index contributed by atoms with van der Waals surface area (Å²) in [6.45, 7) is 0. The molecule has 16 heavy (non-hydrogen) atoms. The third-order valence-electron chi connectivity index (χ3n) is 1.86. The molecule has 0 bridgehead atoms. The number of benzene rings is 1. The number of hydrogen-bond acceptors (Lipinski definition) is 4. The van der Waals surface area contributed by atoms with E-state index in [0.717, 1.165) is 0 Å². The Bertz CT molecular complexity index is 507. The van der Waals surface area contributed by atoms with Gasteiger partial charge >= 0.3 is 5.97 Å². The normalized spacial score (nSPS) is 9.50. The first-order valence-corrected chi connectivity index (χ1v) is 4.84. The Kier molecular flexibility index (Phi) is 3.58. The Morgan fingerprint density at radius 1 is 1.62 bits per heavy atom. The average Bonchev–Trinajstić information content (AvgIpc) is 2.16. The van der Waals surface area contributed by atoms with Gasteiger partial charge in [0, 0.05) is 6.07 Å². The van der Waals surface area contributed by atoms with Crippen molar-refractivity contribution in [1.29, 1.82) is 5.26 Å². The highest BCUT2D eigenvalue weighted by Gasteiger charge is 2.19. The number of nitrogens with zero attached hydrogens (tertiary/aromatic N) is 2. The van der Waals surface area contributed by atoms with Crippen molar-refractivity contribution >= 4 is 27.6 Å². The van der Waals surface area contributed by atoms with Gasteiger partial charge in [0.05, 0.1) is 16.9 Å².